The van der Waals surface area contributed by atoms with E-state index in [1.165, 1.54) is 24.3 Å². The number of ether oxygens (including phenoxy) is 8. The summed E-state index contributed by atoms with van der Waals surface area (Å²) in [5.41, 5.74) is 0. The Hall–Kier alpha value is -3.56. The van der Waals surface area contributed by atoms with Gasteiger partial charge in [0.05, 0.1) is 39.6 Å². The number of carbonyl (C=O) groups excluding carboxylic acids is 4. The second-order valence-electron chi connectivity index (χ2n) is 10.8. The van der Waals surface area contributed by atoms with Crippen LogP contribution in [0.15, 0.2) is 48.6 Å². The molecular formula is C34H54O18. The summed E-state index contributed by atoms with van der Waals surface area (Å²) in [7, 11) is 0. The minimum absolute atomic E-state index is 0.486. The van der Waals surface area contributed by atoms with Gasteiger partial charge in [-0.05, 0) is 27.7 Å². The highest BCUT2D eigenvalue weighted by molar-refractivity contribution is 5.82. The molecule has 6 N–H and O–H groups in total. The van der Waals surface area contributed by atoms with Crippen molar-refractivity contribution < 1.29 is 87.7 Å². The summed E-state index contributed by atoms with van der Waals surface area (Å²) in [6, 6.07) is 0. The van der Waals surface area contributed by atoms with E-state index in [-0.39, 0.29) is 0 Å². The summed E-state index contributed by atoms with van der Waals surface area (Å²) < 4.78 is 42.8. The number of carbonyl (C=O) groups is 4. The maximum Gasteiger partial charge on any atom is 0.330 e. The molecule has 0 rings (SSSR count). The maximum absolute atomic E-state index is 11.7. The first kappa shape index (κ1) is 48.4. The fraction of sp³-hybridized carbons (Fsp3) is 0.647. The van der Waals surface area contributed by atoms with E-state index in [0.29, 0.717) is 0 Å². The van der Waals surface area contributed by atoms with Gasteiger partial charge < -0.3 is 68.5 Å². The summed E-state index contributed by atoms with van der Waals surface area (Å²) in [6.07, 6.45) is -1.32. The second-order valence-corrected chi connectivity index (χ2v) is 10.8. The first-order valence-corrected chi connectivity index (χ1v) is 16.4. The zero-order valence-electron chi connectivity index (χ0n) is 29.9. The van der Waals surface area contributed by atoms with Crippen molar-refractivity contribution in [1.82, 2.24) is 0 Å². The fourth-order valence-corrected chi connectivity index (χ4v) is 3.89. The van der Waals surface area contributed by atoms with E-state index in [9.17, 15) is 49.8 Å². The molecule has 4 unspecified atom stereocenters. The molecule has 0 aliphatic carbocycles. The fourth-order valence-electron chi connectivity index (χ4n) is 3.89. The number of rotatable bonds is 29. The molecule has 8 atom stereocenters. The number of allylic oxidation sites excluding steroid dienone is 4. The third kappa shape index (κ3) is 23.1. The van der Waals surface area contributed by atoms with E-state index in [1.807, 2.05) is 0 Å². The number of hydrogen-bond acceptors (Lipinski definition) is 18. The molecule has 0 saturated carbocycles. The molecule has 0 aliphatic rings. The van der Waals surface area contributed by atoms with Crippen molar-refractivity contribution in [2.75, 3.05) is 66.1 Å². The number of aliphatic hydroxyl groups is 6. The average Bonchev–Trinajstić information content (AvgIpc) is 3.11. The lowest BCUT2D eigenvalue weighted by atomic mass is 10.0. The Balaban J connectivity index is 6.32. The van der Waals surface area contributed by atoms with Crippen molar-refractivity contribution in [2.45, 2.75) is 76.5 Å². The minimum atomic E-state index is -1.51. The summed E-state index contributed by atoms with van der Waals surface area (Å²) >= 11 is 0. The largest absolute Gasteiger partial charge is 0.460 e. The monoisotopic (exact) mass is 750 g/mol. The Kier molecular flexibility index (Phi) is 27.9. The molecular weight excluding hydrogens is 696 g/mol. The van der Waals surface area contributed by atoms with Gasteiger partial charge in [0.2, 0.25) is 0 Å². The van der Waals surface area contributed by atoms with Crippen molar-refractivity contribution in [3.8, 4) is 0 Å². The lowest BCUT2D eigenvalue weighted by molar-refractivity contribution is -0.213. The van der Waals surface area contributed by atoms with Crippen LogP contribution >= 0.6 is 0 Å². The molecule has 0 bridgehead atoms. The molecule has 0 saturated heterocycles. The summed E-state index contributed by atoms with van der Waals surface area (Å²) in [6.45, 7) is 0.466. The summed E-state index contributed by atoms with van der Waals surface area (Å²) in [5, 5.41) is 62.5. The first-order valence-electron chi connectivity index (χ1n) is 16.4. The second kappa shape index (κ2) is 30.0. The van der Waals surface area contributed by atoms with Crippen LogP contribution in [0.3, 0.4) is 0 Å². The lowest BCUT2D eigenvalue weighted by Gasteiger charge is -2.37. The van der Waals surface area contributed by atoms with Gasteiger partial charge >= 0.3 is 23.9 Å². The highest BCUT2D eigenvalue weighted by Crippen LogP contribution is 2.20. The maximum atomic E-state index is 11.7. The number of hydrogen-bond donors (Lipinski definition) is 6. The molecule has 0 fully saturated rings. The Labute approximate surface area is 302 Å². The van der Waals surface area contributed by atoms with Crippen LogP contribution in [0.1, 0.15) is 27.7 Å². The summed E-state index contributed by atoms with van der Waals surface area (Å²) in [4.78, 5) is 46.8. The molecule has 0 radical (unpaired) electrons. The Morgan fingerprint density at radius 2 is 0.654 bits per heavy atom. The van der Waals surface area contributed by atoms with Crippen molar-refractivity contribution in [1.29, 1.82) is 0 Å². The van der Waals surface area contributed by atoms with Crippen LogP contribution in [0.25, 0.3) is 0 Å². The van der Waals surface area contributed by atoms with Gasteiger partial charge in [0.25, 0.3) is 0 Å². The molecule has 0 spiro atoms. The molecule has 0 aromatic carbocycles. The van der Waals surface area contributed by atoms with Crippen LogP contribution in [-0.2, 0) is 57.1 Å². The van der Waals surface area contributed by atoms with Gasteiger partial charge in [-0.3, -0.25) is 0 Å². The van der Waals surface area contributed by atoms with E-state index in [1.54, 1.807) is 27.7 Å². The molecule has 0 heterocycles. The molecule has 52 heavy (non-hydrogen) atoms. The van der Waals surface area contributed by atoms with Gasteiger partial charge in [-0.1, -0.05) is 24.3 Å². The van der Waals surface area contributed by atoms with Gasteiger partial charge in [0.15, 0.2) is 0 Å². The Morgan fingerprint density at radius 1 is 0.423 bits per heavy atom. The molecule has 298 valence electrons. The molecule has 0 aliphatic heterocycles. The topological polar surface area (TPSA) is 263 Å². The van der Waals surface area contributed by atoms with Crippen LogP contribution in [0.2, 0.25) is 0 Å². The van der Waals surface area contributed by atoms with Crippen molar-refractivity contribution in [2.24, 2.45) is 0 Å². The normalized spacial score (nSPS) is 16.7. The van der Waals surface area contributed by atoms with Crippen molar-refractivity contribution in [3.05, 3.63) is 48.6 Å². The average molecular weight is 751 g/mol. The zero-order valence-corrected chi connectivity index (χ0v) is 29.9. The smallest absolute Gasteiger partial charge is 0.330 e. The zero-order chi connectivity index (χ0) is 39.3. The summed E-state index contributed by atoms with van der Waals surface area (Å²) in [5.74, 6) is -2.94. The third-order valence-electron chi connectivity index (χ3n) is 6.27. The van der Waals surface area contributed by atoms with Crippen LogP contribution < -0.4 is 0 Å². The third-order valence-corrected chi connectivity index (χ3v) is 6.27. The van der Waals surface area contributed by atoms with Crippen LogP contribution in [0.5, 0.6) is 0 Å². The Bertz CT molecular complexity index is 1040. The van der Waals surface area contributed by atoms with Crippen molar-refractivity contribution in [3.63, 3.8) is 0 Å². The molecule has 0 aromatic heterocycles. The predicted octanol–water partition coefficient (Wildman–Crippen LogP) is -1.57. The van der Waals surface area contributed by atoms with E-state index < -0.39 is 139 Å². The van der Waals surface area contributed by atoms with E-state index in [0.717, 1.165) is 24.3 Å². The number of aliphatic hydroxyl groups excluding tert-OH is 6. The van der Waals surface area contributed by atoms with Gasteiger partial charge in [-0.25, -0.2) is 19.2 Å². The van der Waals surface area contributed by atoms with Gasteiger partial charge in [0, 0.05) is 24.3 Å². The molecule has 0 aromatic rings. The lowest BCUT2D eigenvalue weighted by Crippen LogP contribution is -2.54. The van der Waals surface area contributed by atoms with E-state index >= 15 is 0 Å². The van der Waals surface area contributed by atoms with Crippen LogP contribution in [-0.4, -0.2) is 169 Å². The standard InChI is InChI=1S/C34H54O18/c1-5-9-29(41)47-17-23(37)15-45-27(13-35)33(51-21-25(39)19-49-31(43)11-7-3)34(52-22-26(40)20-50-32(44)12-8-4)28(14-36)46-16-24(38)18-48-30(42)10-6-2/h5-12,23-28,33-40H,13-22H2,1-4H3/t23?,24?,25?,26?,27-,28+,33+,34-. The van der Waals surface area contributed by atoms with Gasteiger partial charge in [-0.15, -0.1) is 0 Å². The van der Waals surface area contributed by atoms with Gasteiger partial charge in [0.1, 0.15) is 75.3 Å². The van der Waals surface area contributed by atoms with Crippen LogP contribution in [0, 0.1) is 0 Å². The number of esters is 4. The SMILES string of the molecule is CC=CC(=O)OCC(O)CO[C@H]([C@H](OCC(O)COC(=O)C=CC)[C@H](CO)OCC(O)COC(=O)C=CC)[C@@H](CO)OCC(O)COC(=O)C=CC. The first-order chi connectivity index (χ1) is 24.8. The minimum Gasteiger partial charge on any atom is -0.460 e. The molecule has 18 heteroatoms. The molecule has 18 nitrogen and oxygen atoms in total. The molecule has 0 amide bonds. The van der Waals surface area contributed by atoms with E-state index in [4.69, 9.17) is 37.9 Å². The van der Waals surface area contributed by atoms with Crippen molar-refractivity contribution >= 4 is 23.9 Å². The van der Waals surface area contributed by atoms with Crippen LogP contribution in [0.4, 0.5) is 0 Å². The predicted molar refractivity (Wildman–Crippen MR) is 180 cm³/mol. The highest BCUT2D eigenvalue weighted by atomic mass is 16.6. The highest BCUT2D eigenvalue weighted by Gasteiger charge is 2.39. The quantitative estimate of drug-likeness (QED) is 0.0287. The van der Waals surface area contributed by atoms with Gasteiger partial charge in [-0.2, -0.15) is 0 Å². The van der Waals surface area contributed by atoms with E-state index in [2.05, 4.69) is 0 Å². The Morgan fingerprint density at radius 3 is 0.865 bits per heavy atom.